The fourth-order valence-electron chi connectivity index (χ4n) is 3.40. The molecule has 3 aromatic rings. The van der Waals surface area contributed by atoms with Gasteiger partial charge in [0, 0.05) is 37.5 Å². The van der Waals surface area contributed by atoms with Crippen LogP contribution < -0.4 is 0 Å². The molecule has 1 aromatic heterocycles. The topological polar surface area (TPSA) is 41.4 Å². The maximum atomic E-state index is 12.8. The molecule has 0 N–H and O–H groups in total. The zero-order chi connectivity index (χ0) is 20.9. The minimum atomic E-state index is 0.0956. The highest BCUT2D eigenvalue weighted by molar-refractivity contribution is 8.00. The Morgan fingerprint density at radius 2 is 1.77 bits per heavy atom. The molecule has 8 heteroatoms. The van der Waals surface area contributed by atoms with Gasteiger partial charge in [-0.15, -0.1) is 5.10 Å². The summed E-state index contributed by atoms with van der Waals surface area (Å²) in [5.41, 5.74) is 2.86. The Balaban J connectivity index is 1.42. The third kappa shape index (κ3) is 5.00. The van der Waals surface area contributed by atoms with Gasteiger partial charge in [-0.05, 0) is 48.6 Å². The predicted molar refractivity (Wildman–Crippen MR) is 126 cm³/mol. The van der Waals surface area contributed by atoms with Gasteiger partial charge in [-0.1, -0.05) is 60.4 Å². The fourth-order valence-corrected chi connectivity index (χ4v) is 5.71. The van der Waals surface area contributed by atoms with Crippen LogP contribution in [0.5, 0.6) is 0 Å². The molecule has 1 aliphatic rings. The van der Waals surface area contributed by atoms with Crippen molar-refractivity contribution >= 4 is 41.2 Å². The van der Waals surface area contributed by atoms with Crippen LogP contribution in [0.25, 0.3) is 5.69 Å². The van der Waals surface area contributed by atoms with Crippen LogP contribution in [0.15, 0.2) is 58.9 Å². The molecule has 1 saturated heterocycles. The summed E-state index contributed by atoms with van der Waals surface area (Å²) in [5.74, 6) is 0.959. The minimum absolute atomic E-state index is 0.0956. The van der Waals surface area contributed by atoms with E-state index in [9.17, 15) is 4.79 Å². The Morgan fingerprint density at radius 3 is 2.43 bits per heavy atom. The Kier molecular flexibility index (Phi) is 6.99. The molecule has 0 unspecified atom stereocenters. The maximum Gasteiger partial charge on any atom is 0.253 e. The molecule has 4 rings (SSSR count). The largest absolute Gasteiger partial charge is 0.336 e. The van der Waals surface area contributed by atoms with Crippen LogP contribution in [0.3, 0.4) is 0 Å². The number of hydrogen-bond donors (Lipinski definition) is 0. The molecule has 156 valence electrons. The number of amides is 1. The second-order valence-corrected chi connectivity index (χ2v) is 9.94. The number of benzene rings is 2. The van der Waals surface area contributed by atoms with E-state index in [1.807, 2.05) is 47.4 Å². The van der Waals surface area contributed by atoms with E-state index in [-0.39, 0.29) is 5.91 Å². The molecule has 0 spiro atoms. The molecule has 0 aliphatic carbocycles. The van der Waals surface area contributed by atoms with Crippen LogP contribution in [0.1, 0.15) is 22.8 Å². The molecular weight excluding hydrogens is 432 g/mol. The van der Waals surface area contributed by atoms with Crippen LogP contribution in [0.2, 0.25) is 0 Å². The Morgan fingerprint density at radius 1 is 1.07 bits per heavy atom. The van der Waals surface area contributed by atoms with E-state index in [1.54, 1.807) is 16.4 Å². The van der Waals surface area contributed by atoms with Crippen molar-refractivity contribution in [3.05, 3.63) is 69.7 Å². The Labute approximate surface area is 190 Å². The van der Waals surface area contributed by atoms with Gasteiger partial charge in [0.05, 0.1) is 5.69 Å². The molecule has 2 aromatic carbocycles. The molecule has 1 aliphatic heterocycles. The Hall–Kier alpha value is -2.00. The van der Waals surface area contributed by atoms with Crippen LogP contribution in [0.4, 0.5) is 0 Å². The monoisotopic (exact) mass is 456 g/mol. The molecule has 5 nitrogen and oxygen atoms in total. The average Bonchev–Trinajstić information content (AvgIpc) is 3.18. The zero-order valence-electron chi connectivity index (χ0n) is 16.9. The van der Waals surface area contributed by atoms with E-state index in [2.05, 4.69) is 29.1 Å². The fraction of sp³-hybridized carbons (Fsp3) is 0.318. The molecule has 1 fully saturated rings. The van der Waals surface area contributed by atoms with Gasteiger partial charge >= 0.3 is 0 Å². The van der Waals surface area contributed by atoms with E-state index >= 15 is 0 Å². The first kappa shape index (κ1) is 21.2. The number of piperazine rings is 1. The highest BCUT2D eigenvalue weighted by atomic mass is 32.2. The van der Waals surface area contributed by atoms with Gasteiger partial charge in [0.25, 0.3) is 5.91 Å². The molecule has 30 heavy (non-hydrogen) atoms. The highest BCUT2D eigenvalue weighted by Gasteiger charge is 2.21. The summed E-state index contributed by atoms with van der Waals surface area (Å²) in [6.45, 7) is 6.65. The van der Waals surface area contributed by atoms with Crippen molar-refractivity contribution in [1.82, 2.24) is 19.6 Å². The van der Waals surface area contributed by atoms with Gasteiger partial charge in [-0.2, -0.15) is 0 Å². The van der Waals surface area contributed by atoms with Crippen molar-refractivity contribution in [3.8, 4) is 5.69 Å². The lowest BCUT2D eigenvalue weighted by Crippen LogP contribution is -2.48. The Bertz CT molecular complexity index is 1040. The van der Waals surface area contributed by atoms with Crippen molar-refractivity contribution in [2.45, 2.75) is 17.0 Å². The second kappa shape index (κ2) is 9.87. The first-order chi connectivity index (χ1) is 14.6. The SMILES string of the molecule is CCN1CCN(C(=O)c2ccc(-n3nc(SCc4ccccc4)sc3=S)cc2)CC1. The van der Waals surface area contributed by atoms with Crippen molar-refractivity contribution in [3.63, 3.8) is 0 Å². The summed E-state index contributed by atoms with van der Waals surface area (Å²) in [7, 11) is 0. The van der Waals surface area contributed by atoms with Crippen LogP contribution >= 0.6 is 35.3 Å². The molecule has 0 bridgehead atoms. The number of hydrogen-bond acceptors (Lipinski definition) is 6. The number of aromatic nitrogens is 2. The van der Waals surface area contributed by atoms with Crippen molar-refractivity contribution in [2.24, 2.45) is 0 Å². The van der Waals surface area contributed by atoms with E-state index in [4.69, 9.17) is 12.2 Å². The normalized spacial score (nSPS) is 14.8. The summed E-state index contributed by atoms with van der Waals surface area (Å²) in [6, 6.07) is 17.9. The molecule has 0 radical (unpaired) electrons. The maximum absolute atomic E-state index is 12.8. The number of rotatable bonds is 6. The lowest BCUT2D eigenvalue weighted by Gasteiger charge is -2.34. The molecule has 0 atom stereocenters. The third-order valence-corrected chi connectivity index (χ3v) is 7.64. The van der Waals surface area contributed by atoms with E-state index in [1.165, 1.54) is 16.9 Å². The highest BCUT2D eigenvalue weighted by Crippen LogP contribution is 2.27. The third-order valence-electron chi connectivity index (χ3n) is 5.20. The van der Waals surface area contributed by atoms with Gasteiger partial charge in [0.15, 0.2) is 8.29 Å². The smallest absolute Gasteiger partial charge is 0.253 e. The number of carbonyl (C=O) groups is 1. The summed E-state index contributed by atoms with van der Waals surface area (Å²) in [4.78, 5) is 17.1. The number of thioether (sulfide) groups is 1. The number of carbonyl (C=O) groups excluding carboxylic acids is 1. The summed E-state index contributed by atoms with van der Waals surface area (Å²) in [5, 5.41) is 4.67. The van der Waals surface area contributed by atoms with Crippen molar-refractivity contribution in [1.29, 1.82) is 0 Å². The van der Waals surface area contributed by atoms with Gasteiger partial charge < -0.3 is 9.80 Å². The first-order valence-electron chi connectivity index (χ1n) is 10.0. The number of likely N-dealkylation sites (N-methyl/N-ethyl adjacent to an activating group) is 1. The van der Waals surface area contributed by atoms with Crippen molar-refractivity contribution in [2.75, 3.05) is 32.7 Å². The van der Waals surface area contributed by atoms with E-state index in [0.717, 1.165) is 48.5 Å². The lowest BCUT2D eigenvalue weighted by atomic mass is 10.1. The van der Waals surface area contributed by atoms with Crippen LogP contribution in [-0.4, -0.2) is 58.2 Å². The van der Waals surface area contributed by atoms with Gasteiger partial charge in [-0.3, -0.25) is 4.79 Å². The standard InChI is InChI=1S/C22H24N4OS3/c1-2-24-12-14-25(15-13-24)20(27)18-8-10-19(11-9-18)26-22(28)30-21(23-26)29-16-17-6-4-3-5-7-17/h3-11H,2,12-16H2,1H3. The van der Waals surface area contributed by atoms with Gasteiger partial charge in [0.2, 0.25) is 0 Å². The average molecular weight is 457 g/mol. The van der Waals surface area contributed by atoms with Gasteiger partial charge in [0.1, 0.15) is 0 Å². The zero-order valence-corrected chi connectivity index (χ0v) is 19.3. The quantitative estimate of drug-likeness (QED) is 0.396. The van der Waals surface area contributed by atoms with E-state index < -0.39 is 0 Å². The number of nitrogens with zero attached hydrogens (tertiary/aromatic N) is 4. The lowest BCUT2D eigenvalue weighted by molar-refractivity contribution is 0.0643. The second-order valence-electron chi connectivity index (χ2n) is 7.09. The van der Waals surface area contributed by atoms with Crippen LogP contribution in [0, 0.1) is 3.95 Å². The molecule has 0 saturated carbocycles. The summed E-state index contributed by atoms with van der Waals surface area (Å²) in [6.07, 6.45) is 0. The first-order valence-corrected chi connectivity index (χ1v) is 12.2. The van der Waals surface area contributed by atoms with Crippen molar-refractivity contribution < 1.29 is 4.79 Å². The minimum Gasteiger partial charge on any atom is -0.336 e. The summed E-state index contributed by atoms with van der Waals surface area (Å²) < 4.78 is 3.43. The van der Waals surface area contributed by atoms with E-state index in [0.29, 0.717) is 9.52 Å². The van der Waals surface area contributed by atoms with Crippen LogP contribution in [-0.2, 0) is 5.75 Å². The van der Waals surface area contributed by atoms with Gasteiger partial charge in [-0.25, -0.2) is 4.68 Å². The predicted octanol–water partition coefficient (Wildman–Crippen LogP) is 4.73. The molecular formula is C22H24N4OS3. The molecule has 2 heterocycles. The molecule has 1 amide bonds. The summed E-state index contributed by atoms with van der Waals surface area (Å²) >= 11 is 8.72.